The van der Waals surface area contributed by atoms with Crippen molar-refractivity contribution >= 4 is 42.4 Å². The van der Waals surface area contributed by atoms with Crippen LogP contribution in [0.3, 0.4) is 0 Å². The third kappa shape index (κ3) is 3.80. The quantitative estimate of drug-likeness (QED) is 0.603. The molecule has 0 bridgehead atoms. The average Bonchev–Trinajstić information content (AvgIpc) is 2.55. The average molecular weight is 430 g/mol. The number of nitrogens with one attached hydrogen (secondary N) is 1. The summed E-state index contributed by atoms with van der Waals surface area (Å²) in [5.41, 5.74) is -1.12. The number of halogens is 4. The predicted octanol–water partition coefficient (Wildman–Crippen LogP) is 5.42. The van der Waals surface area contributed by atoms with Gasteiger partial charge >= 0.3 is 6.18 Å². The summed E-state index contributed by atoms with van der Waals surface area (Å²) < 4.78 is 66.0. The molecule has 3 nitrogen and oxygen atoms in total. The Morgan fingerprint density at radius 1 is 0.880 bits per heavy atom. The van der Waals surface area contributed by atoms with E-state index in [0.29, 0.717) is 5.39 Å². The second-order valence-corrected chi connectivity index (χ2v) is 7.84. The molecule has 0 saturated carbocycles. The van der Waals surface area contributed by atoms with E-state index < -0.39 is 21.8 Å². The lowest BCUT2D eigenvalue weighted by atomic mass is 10.1. The summed E-state index contributed by atoms with van der Waals surface area (Å²) in [4.78, 5) is -0.0319. The monoisotopic (exact) mass is 429 g/mol. The Labute approximate surface area is 150 Å². The second kappa shape index (κ2) is 6.34. The van der Waals surface area contributed by atoms with E-state index in [1.165, 1.54) is 12.1 Å². The molecule has 0 amide bonds. The predicted molar refractivity (Wildman–Crippen MR) is 93.9 cm³/mol. The number of benzene rings is 3. The Hall–Kier alpha value is -2.06. The molecule has 25 heavy (non-hydrogen) atoms. The van der Waals surface area contributed by atoms with Crippen LogP contribution in [0.2, 0.25) is 0 Å². The maximum atomic E-state index is 12.8. The number of fused-ring (bicyclic) bond motifs is 1. The lowest BCUT2D eigenvalue weighted by Gasteiger charge is -2.13. The summed E-state index contributed by atoms with van der Waals surface area (Å²) in [6.45, 7) is 0. The van der Waals surface area contributed by atoms with Crippen LogP contribution in [-0.2, 0) is 16.2 Å². The fraction of sp³-hybridized carbons (Fsp3) is 0.0588. The van der Waals surface area contributed by atoms with E-state index in [1.54, 1.807) is 18.2 Å². The lowest BCUT2D eigenvalue weighted by molar-refractivity contribution is -0.137. The highest BCUT2D eigenvalue weighted by Gasteiger charge is 2.31. The number of sulfonamides is 1. The van der Waals surface area contributed by atoms with Crippen molar-refractivity contribution < 1.29 is 21.6 Å². The summed E-state index contributed by atoms with van der Waals surface area (Å²) in [5.74, 6) is 0. The van der Waals surface area contributed by atoms with Crippen molar-refractivity contribution in [3.8, 4) is 0 Å². The normalized spacial score (nSPS) is 12.3. The molecule has 1 N–H and O–H groups in total. The van der Waals surface area contributed by atoms with Crippen molar-refractivity contribution in [2.24, 2.45) is 0 Å². The maximum Gasteiger partial charge on any atom is 0.416 e. The van der Waals surface area contributed by atoms with E-state index in [4.69, 9.17) is 0 Å². The van der Waals surface area contributed by atoms with Crippen LogP contribution < -0.4 is 4.72 Å². The maximum absolute atomic E-state index is 12.8. The molecule has 0 saturated heterocycles. The molecular formula is C17H11BrF3NO2S. The number of anilines is 1. The van der Waals surface area contributed by atoms with E-state index in [2.05, 4.69) is 20.7 Å². The summed E-state index contributed by atoms with van der Waals surface area (Å²) in [5, 5.41) is 1.58. The zero-order chi connectivity index (χ0) is 18.2. The molecule has 0 aliphatic carbocycles. The Kier molecular flexibility index (Phi) is 4.51. The molecular weight excluding hydrogens is 419 g/mol. The molecule has 0 heterocycles. The molecule has 0 aliphatic rings. The Balaban J connectivity index is 2.00. The molecule has 0 spiro atoms. The van der Waals surface area contributed by atoms with Gasteiger partial charge in [0.1, 0.15) is 0 Å². The topological polar surface area (TPSA) is 46.2 Å². The number of hydrogen-bond acceptors (Lipinski definition) is 2. The van der Waals surface area contributed by atoms with Crippen molar-refractivity contribution in [2.45, 2.75) is 11.1 Å². The molecule has 130 valence electrons. The van der Waals surface area contributed by atoms with Gasteiger partial charge < -0.3 is 0 Å². The highest BCUT2D eigenvalue weighted by atomic mass is 79.9. The minimum atomic E-state index is -4.57. The fourth-order valence-corrected chi connectivity index (χ4v) is 3.90. The van der Waals surface area contributed by atoms with Gasteiger partial charge in [-0.05, 0) is 57.0 Å². The largest absolute Gasteiger partial charge is 0.416 e. The van der Waals surface area contributed by atoms with E-state index in [1.807, 2.05) is 12.1 Å². The van der Waals surface area contributed by atoms with Crippen LogP contribution in [0, 0.1) is 0 Å². The molecule has 0 aliphatic heterocycles. The van der Waals surface area contributed by atoms with Gasteiger partial charge in [-0.3, -0.25) is 4.72 Å². The van der Waals surface area contributed by atoms with Crippen molar-refractivity contribution in [1.29, 1.82) is 0 Å². The van der Waals surface area contributed by atoms with Crippen LogP contribution in [0.15, 0.2) is 70.0 Å². The molecule has 0 fully saturated rings. The first-order valence-electron chi connectivity index (χ1n) is 7.05. The van der Waals surface area contributed by atoms with Gasteiger partial charge in [0.2, 0.25) is 0 Å². The van der Waals surface area contributed by atoms with Crippen LogP contribution in [0.1, 0.15) is 5.56 Å². The van der Waals surface area contributed by atoms with Gasteiger partial charge in [0.15, 0.2) is 0 Å². The Morgan fingerprint density at radius 3 is 2.24 bits per heavy atom. The number of hydrogen-bond donors (Lipinski definition) is 1. The summed E-state index contributed by atoms with van der Waals surface area (Å²) in [7, 11) is -4.04. The van der Waals surface area contributed by atoms with Crippen molar-refractivity contribution in [2.75, 3.05) is 4.72 Å². The SMILES string of the molecule is O=S(=O)(Nc1cc(C(F)(F)F)ccc1Br)c1ccc2ccccc2c1. The first-order valence-corrected chi connectivity index (χ1v) is 9.33. The van der Waals surface area contributed by atoms with Crippen LogP contribution in [0.25, 0.3) is 10.8 Å². The van der Waals surface area contributed by atoms with E-state index in [-0.39, 0.29) is 15.1 Å². The van der Waals surface area contributed by atoms with Crippen LogP contribution in [0.5, 0.6) is 0 Å². The Bertz CT molecular complexity index is 1050. The van der Waals surface area contributed by atoms with Gasteiger partial charge in [0, 0.05) is 4.47 Å². The Morgan fingerprint density at radius 2 is 1.56 bits per heavy atom. The van der Waals surface area contributed by atoms with Gasteiger partial charge in [0.25, 0.3) is 10.0 Å². The molecule has 3 aromatic rings. The molecule has 3 rings (SSSR count). The molecule has 0 atom stereocenters. The third-order valence-corrected chi connectivity index (χ3v) is 5.62. The molecule has 8 heteroatoms. The van der Waals surface area contributed by atoms with Gasteiger partial charge in [-0.15, -0.1) is 0 Å². The summed E-state index contributed by atoms with van der Waals surface area (Å²) in [6.07, 6.45) is -4.57. The first-order chi connectivity index (χ1) is 11.7. The van der Waals surface area contributed by atoms with Crippen LogP contribution in [-0.4, -0.2) is 8.42 Å². The number of alkyl halides is 3. The highest BCUT2D eigenvalue weighted by molar-refractivity contribution is 9.10. The standard InChI is InChI=1S/C17H11BrF3NO2S/c18-15-8-6-13(17(19,20)21)10-16(15)22-25(23,24)14-7-5-11-3-1-2-4-12(11)9-14/h1-10,22H. The molecule has 0 aromatic heterocycles. The smallest absolute Gasteiger partial charge is 0.278 e. The van der Waals surface area contributed by atoms with E-state index >= 15 is 0 Å². The van der Waals surface area contributed by atoms with Crippen molar-refractivity contribution in [3.05, 3.63) is 70.7 Å². The number of rotatable bonds is 3. The van der Waals surface area contributed by atoms with Gasteiger partial charge in [0.05, 0.1) is 16.1 Å². The van der Waals surface area contributed by atoms with Crippen LogP contribution in [0.4, 0.5) is 18.9 Å². The van der Waals surface area contributed by atoms with Crippen molar-refractivity contribution in [3.63, 3.8) is 0 Å². The van der Waals surface area contributed by atoms with Crippen LogP contribution >= 0.6 is 15.9 Å². The molecule has 3 aromatic carbocycles. The van der Waals surface area contributed by atoms with Crippen molar-refractivity contribution in [1.82, 2.24) is 0 Å². The summed E-state index contributed by atoms with van der Waals surface area (Å²) >= 11 is 3.07. The fourth-order valence-electron chi connectivity index (χ4n) is 2.32. The third-order valence-electron chi connectivity index (χ3n) is 3.57. The minimum Gasteiger partial charge on any atom is -0.278 e. The summed E-state index contributed by atoms with van der Waals surface area (Å²) in [6, 6.07) is 14.5. The zero-order valence-corrected chi connectivity index (χ0v) is 14.9. The van der Waals surface area contributed by atoms with Gasteiger partial charge in [-0.1, -0.05) is 30.3 Å². The van der Waals surface area contributed by atoms with E-state index in [9.17, 15) is 21.6 Å². The molecule has 0 unspecified atom stereocenters. The van der Waals surface area contributed by atoms with Gasteiger partial charge in [-0.2, -0.15) is 13.2 Å². The minimum absolute atomic E-state index is 0.0319. The lowest BCUT2D eigenvalue weighted by Crippen LogP contribution is -2.14. The van der Waals surface area contributed by atoms with Gasteiger partial charge in [-0.25, -0.2) is 8.42 Å². The molecule has 0 radical (unpaired) electrons. The highest BCUT2D eigenvalue weighted by Crippen LogP contribution is 2.35. The second-order valence-electron chi connectivity index (χ2n) is 5.31. The first kappa shape index (κ1) is 17.8. The zero-order valence-electron chi connectivity index (χ0n) is 12.5. The van der Waals surface area contributed by atoms with E-state index in [0.717, 1.165) is 23.6 Å².